The fraction of sp³-hybridized carbons (Fsp3) is 0.217. The summed E-state index contributed by atoms with van der Waals surface area (Å²) in [4.78, 5) is 8.81. The molecule has 0 aliphatic heterocycles. The van der Waals surface area contributed by atoms with E-state index in [4.69, 9.17) is 4.74 Å². The largest absolute Gasteiger partial charge is 0.497 e. The summed E-state index contributed by atoms with van der Waals surface area (Å²) >= 11 is 0. The van der Waals surface area contributed by atoms with Crippen molar-refractivity contribution in [3.05, 3.63) is 78.4 Å². The first-order valence-electron chi connectivity index (χ1n) is 10.3. The van der Waals surface area contributed by atoms with Gasteiger partial charge in [0, 0.05) is 31.5 Å². The number of nitrogens with zero attached hydrogens (tertiary/aromatic N) is 5. The molecule has 2 aromatic carbocycles. The van der Waals surface area contributed by atoms with Crippen molar-refractivity contribution in [2.75, 3.05) is 20.7 Å². The zero-order valence-electron chi connectivity index (χ0n) is 18.1. The Morgan fingerprint density at radius 2 is 1.91 bits per heavy atom. The number of rotatable bonds is 8. The second-order valence-corrected chi connectivity index (χ2v) is 7.05. The minimum atomic E-state index is 0.487. The maximum atomic E-state index is 5.19. The van der Waals surface area contributed by atoms with Crippen molar-refractivity contribution < 1.29 is 4.74 Å². The van der Waals surface area contributed by atoms with Crippen molar-refractivity contribution in [1.82, 2.24) is 35.6 Å². The molecule has 0 bridgehead atoms. The van der Waals surface area contributed by atoms with Gasteiger partial charge in [0.1, 0.15) is 11.6 Å². The highest BCUT2D eigenvalue weighted by Crippen LogP contribution is 2.18. The Balaban J connectivity index is 1.24. The summed E-state index contributed by atoms with van der Waals surface area (Å²) in [5, 5.41) is 18.1. The van der Waals surface area contributed by atoms with E-state index >= 15 is 0 Å². The number of aromatic nitrogens is 5. The third-order valence-electron chi connectivity index (χ3n) is 4.94. The molecule has 4 aromatic rings. The molecule has 0 radical (unpaired) electrons. The van der Waals surface area contributed by atoms with E-state index in [1.165, 1.54) is 5.56 Å². The van der Waals surface area contributed by atoms with Crippen LogP contribution < -0.4 is 15.4 Å². The number of hydrogen-bond acceptors (Lipinski definition) is 5. The topological polar surface area (TPSA) is 105 Å². The molecule has 9 nitrogen and oxygen atoms in total. The van der Waals surface area contributed by atoms with Gasteiger partial charge in [-0.3, -0.25) is 10.1 Å². The molecule has 0 amide bonds. The summed E-state index contributed by atoms with van der Waals surface area (Å²) in [6.07, 6.45) is 4.58. The van der Waals surface area contributed by atoms with Crippen LogP contribution in [0.25, 0.3) is 17.1 Å². The molecule has 0 saturated heterocycles. The Morgan fingerprint density at radius 3 is 2.59 bits per heavy atom. The fourth-order valence-electron chi connectivity index (χ4n) is 3.19. The summed E-state index contributed by atoms with van der Waals surface area (Å²) in [6, 6.07) is 17.9. The number of aromatic amines is 1. The molecule has 0 aliphatic rings. The van der Waals surface area contributed by atoms with E-state index < -0.39 is 0 Å². The van der Waals surface area contributed by atoms with Crippen LogP contribution in [-0.4, -0.2) is 51.6 Å². The molecule has 9 heteroatoms. The van der Waals surface area contributed by atoms with Crippen LogP contribution in [0.5, 0.6) is 5.75 Å². The van der Waals surface area contributed by atoms with E-state index in [1.54, 1.807) is 20.4 Å². The first kappa shape index (κ1) is 21.1. The Hall–Kier alpha value is -4.14. The van der Waals surface area contributed by atoms with Crippen LogP contribution >= 0.6 is 0 Å². The van der Waals surface area contributed by atoms with E-state index in [1.807, 2.05) is 41.2 Å². The summed E-state index contributed by atoms with van der Waals surface area (Å²) in [6.45, 7) is 1.25. The van der Waals surface area contributed by atoms with Crippen LogP contribution in [0.3, 0.4) is 0 Å². The molecule has 0 saturated carbocycles. The van der Waals surface area contributed by atoms with Gasteiger partial charge in [-0.2, -0.15) is 10.2 Å². The molecular formula is C23H26N8O. The molecule has 2 aromatic heterocycles. The van der Waals surface area contributed by atoms with Crippen molar-refractivity contribution in [2.24, 2.45) is 4.99 Å². The van der Waals surface area contributed by atoms with E-state index in [-0.39, 0.29) is 0 Å². The van der Waals surface area contributed by atoms with Crippen molar-refractivity contribution >= 4 is 5.96 Å². The molecule has 0 spiro atoms. The summed E-state index contributed by atoms with van der Waals surface area (Å²) in [7, 11) is 3.39. The van der Waals surface area contributed by atoms with Crippen LogP contribution in [0.4, 0.5) is 0 Å². The number of H-pyrrole nitrogens is 1. The average molecular weight is 431 g/mol. The number of guanidine groups is 1. The predicted molar refractivity (Wildman–Crippen MR) is 124 cm³/mol. The summed E-state index contributed by atoms with van der Waals surface area (Å²) in [5.74, 6) is 2.88. The normalized spacial score (nSPS) is 11.4. The lowest BCUT2D eigenvalue weighted by Gasteiger charge is -2.11. The molecule has 0 unspecified atom stereocenters. The molecule has 0 atom stereocenters. The van der Waals surface area contributed by atoms with Crippen molar-refractivity contribution in [1.29, 1.82) is 0 Å². The summed E-state index contributed by atoms with van der Waals surface area (Å²) in [5.41, 5.74) is 3.21. The second kappa shape index (κ2) is 10.3. The Bertz CT molecular complexity index is 1130. The number of benzene rings is 2. The molecule has 4 rings (SSSR count). The van der Waals surface area contributed by atoms with Crippen LogP contribution in [-0.2, 0) is 13.0 Å². The average Bonchev–Trinajstić information content (AvgIpc) is 3.54. The molecule has 3 N–H and O–H groups in total. The fourth-order valence-corrected chi connectivity index (χ4v) is 3.19. The maximum absolute atomic E-state index is 5.19. The van der Waals surface area contributed by atoms with Gasteiger partial charge in [0.25, 0.3) is 0 Å². The monoisotopic (exact) mass is 430 g/mol. The molecular weight excluding hydrogens is 404 g/mol. The van der Waals surface area contributed by atoms with E-state index in [0.29, 0.717) is 18.3 Å². The first-order valence-corrected chi connectivity index (χ1v) is 10.3. The van der Waals surface area contributed by atoms with Crippen molar-refractivity contribution in [3.8, 4) is 22.8 Å². The third kappa shape index (κ3) is 5.31. The maximum Gasteiger partial charge on any atom is 0.191 e. The van der Waals surface area contributed by atoms with Gasteiger partial charge in [0.05, 0.1) is 19.3 Å². The minimum absolute atomic E-state index is 0.487. The molecule has 164 valence electrons. The van der Waals surface area contributed by atoms with Crippen molar-refractivity contribution in [2.45, 2.75) is 13.0 Å². The zero-order valence-corrected chi connectivity index (χ0v) is 18.1. The quantitative estimate of drug-likeness (QED) is 0.293. The van der Waals surface area contributed by atoms with Gasteiger partial charge in [-0.1, -0.05) is 12.1 Å². The van der Waals surface area contributed by atoms with Gasteiger partial charge in [-0.25, -0.2) is 9.67 Å². The van der Waals surface area contributed by atoms with Crippen molar-refractivity contribution in [3.63, 3.8) is 0 Å². The van der Waals surface area contributed by atoms with Gasteiger partial charge >= 0.3 is 0 Å². The SMILES string of the molecule is CN=C(NCCc1ccc(-n2cccn2)cc1)NCc1nc(-c2ccc(OC)cc2)n[nH]1. The van der Waals surface area contributed by atoms with E-state index in [2.05, 4.69) is 60.2 Å². The molecule has 2 heterocycles. The van der Waals surface area contributed by atoms with Crippen LogP contribution in [0.2, 0.25) is 0 Å². The number of nitrogens with one attached hydrogen (secondary N) is 3. The van der Waals surface area contributed by atoms with E-state index in [0.717, 1.165) is 35.8 Å². The summed E-state index contributed by atoms with van der Waals surface area (Å²) < 4.78 is 7.03. The Kier molecular flexibility index (Phi) is 6.76. The van der Waals surface area contributed by atoms with Gasteiger partial charge < -0.3 is 15.4 Å². The lowest BCUT2D eigenvalue weighted by atomic mass is 10.1. The molecule has 32 heavy (non-hydrogen) atoms. The number of ether oxygens (including phenoxy) is 1. The van der Waals surface area contributed by atoms with E-state index in [9.17, 15) is 0 Å². The van der Waals surface area contributed by atoms with Gasteiger partial charge in [0.2, 0.25) is 0 Å². The number of aliphatic imine (C=N–C) groups is 1. The standard InChI is InChI=1S/C23H26N8O/c1-24-23(25-14-12-17-4-8-19(9-5-17)31-15-3-13-27-31)26-16-21-28-22(30-29-21)18-6-10-20(32-2)11-7-18/h3-11,13,15H,12,14,16H2,1-2H3,(H2,24,25,26)(H,28,29,30). The smallest absolute Gasteiger partial charge is 0.191 e. The molecule has 0 fully saturated rings. The Labute approximate surface area is 186 Å². The van der Waals surface area contributed by atoms with Gasteiger partial charge in [0.15, 0.2) is 11.8 Å². The third-order valence-corrected chi connectivity index (χ3v) is 4.94. The highest BCUT2D eigenvalue weighted by Gasteiger charge is 2.07. The second-order valence-electron chi connectivity index (χ2n) is 7.05. The zero-order chi connectivity index (χ0) is 22.2. The predicted octanol–water partition coefficient (Wildman–Crippen LogP) is 2.57. The highest BCUT2D eigenvalue weighted by molar-refractivity contribution is 5.79. The van der Waals surface area contributed by atoms with Gasteiger partial charge in [-0.05, 0) is 54.4 Å². The highest BCUT2D eigenvalue weighted by atomic mass is 16.5. The lowest BCUT2D eigenvalue weighted by molar-refractivity contribution is 0.415. The van der Waals surface area contributed by atoms with Crippen LogP contribution in [0.15, 0.2) is 72.0 Å². The lowest BCUT2D eigenvalue weighted by Crippen LogP contribution is -2.38. The van der Waals surface area contributed by atoms with Crippen LogP contribution in [0.1, 0.15) is 11.4 Å². The first-order chi connectivity index (χ1) is 15.7. The van der Waals surface area contributed by atoms with Crippen LogP contribution in [0, 0.1) is 0 Å². The number of hydrogen-bond donors (Lipinski definition) is 3. The Morgan fingerprint density at radius 1 is 1.09 bits per heavy atom. The minimum Gasteiger partial charge on any atom is -0.497 e. The van der Waals surface area contributed by atoms with Gasteiger partial charge in [-0.15, -0.1) is 0 Å². The molecule has 0 aliphatic carbocycles. The number of methoxy groups -OCH3 is 1.